The van der Waals surface area contributed by atoms with Gasteiger partial charge in [-0.25, -0.2) is 0 Å². The van der Waals surface area contributed by atoms with Crippen molar-refractivity contribution >= 4 is 11.6 Å². The lowest BCUT2D eigenvalue weighted by Gasteiger charge is -2.15. The van der Waals surface area contributed by atoms with Crippen molar-refractivity contribution in [3.8, 4) is 0 Å². The highest BCUT2D eigenvalue weighted by Crippen LogP contribution is 2.21. The van der Waals surface area contributed by atoms with E-state index in [1.54, 1.807) is 11.8 Å². The fourth-order valence-electron chi connectivity index (χ4n) is 2.10. The number of amides is 1. The van der Waals surface area contributed by atoms with Crippen molar-refractivity contribution in [3.63, 3.8) is 0 Å². The molecule has 0 bridgehead atoms. The van der Waals surface area contributed by atoms with Crippen LogP contribution in [0.1, 0.15) is 22.3 Å². The number of carbonyl (C=O) groups excluding carboxylic acids is 1. The summed E-state index contributed by atoms with van der Waals surface area (Å²) >= 11 is 0. The van der Waals surface area contributed by atoms with Gasteiger partial charge in [0.25, 0.3) is 11.6 Å². The molecule has 2 rings (SSSR count). The minimum atomic E-state index is -0.469. The first-order chi connectivity index (χ1) is 8.49. The zero-order chi connectivity index (χ0) is 13.3. The topological polar surface area (TPSA) is 83.7 Å². The number of nitro benzene ring substituents is 1. The molecule has 96 valence electrons. The van der Waals surface area contributed by atoms with E-state index in [1.165, 1.54) is 18.2 Å². The largest absolute Gasteiger partial charge is 0.391 e. The van der Waals surface area contributed by atoms with Gasteiger partial charge in [0.15, 0.2) is 0 Å². The highest BCUT2D eigenvalue weighted by atomic mass is 16.6. The Hall–Kier alpha value is -1.95. The summed E-state index contributed by atoms with van der Waals surface area (Å²) in [6, 6.07) is 4.32. The van der Waals surface area contributed by atoms with E-state index in [-0.39, 0.29) is 11.6 Å². The molecular formula is C12H14N2O4. The zero-order valence-electron chi connectivity index (χ0n) is 10.00. The Morgan fingerprint density at radius 3 is 2.78 bits per heavy atom. The molecule has 0 aliphatic carbocycles. The fourth-order valence-corrected chi connectivity index (χ4v) is 2.10. The summed E-state index contributed by atoms with van der Waals surface area (Å²) in [5.74, 6) is -0.190. The third-order valence-corrected chi connectivity index (χ3v) is 3.09. The summed E-state index contributed by atoms with van der Waals surface area (Å²) in [5, 5.41) is 20.1. The number of aliphatic hydroxyl groups is 1. The number of aliphatic hydroxyl groups excluding tert-OH is 1. The summed E-state index contributed by atoms with van der Waals surface area (Å²) in [7, 11) is 0. The Labute approximate surface area is 104 Å². The molecular weight excluding hydrogens is 236 g/mol. The van der Waals surface area contributed by atoms with E-state index in [1.807, 2.05) is 0 Å². The van der Waals surface area contributed by atoms with Crippen LogP contribution in [0, 0.1) is 17.0 Å². The predicted octanol–water partition coefficient (Wildman–Crippen LogP) is 1.11. The molecule has 1 atom stereocenters. The Bertz CT molecular complexity index is 501. The van der Waals surface area contributed by atoms with Gasteiger partial charge in [-0.1, -0.05) is 0 Å². The lowest BCUT2D eigenvalue weighted by atomic mass is 10.1. The third kappa shape index (κ3) is 2.33. The molecule has 1 N–H and O–H groups in total. The minimum Gasteiger partial charge on any atom is -0.391 e. The molecule has 1 aromatic rings. The number of nitrogens with zero attached hydrogens (tertiary/aromatic N) is 2. The van der Waals surface area contributed by atoms with Crippen LogP contribution in [0.25, 0.3) is 0 Å². The number of carbonyl (C=O) groups is 1. The second-order valence-electron chi connectivity index (χ2n) is 4.45. The molecule has 0 saturated carbocycles. The maximum atomic E-state index is 12.1. The van der Waals surface area contributed by atoms with Gasteiger partial charge in [0.1, 0.15) is 0 Å². The first kappa shape index (κ1) is 12.5. The number of rotatable bonds is 2. The molecule has 18 heavy (non-hydrogen) atoms. The highest BCUT2D eigenvalue weighted by molar-refractivity contribution is 5.95. The summed E-state index contributed by atoms with van der Waals surface area (Å²) in [6.45, 7) is 2.46. The van der Waals surface area contributed by atoms with Crippen LogP contribution in [0.2, 0.25) is 0 Å². The molecule has 1 saturated heterocycles. The lowest BCUT2D eigenvalue weighted by Crippen LogP contribution is -2.29. The van der Waals surface area contributed by atoms with Gasteiger partial charge in [0.2, 0.25) is 0 Å². The maximum absolute atomic E-state index is 12.1. The molecule has 0 radical (unpaired) electrons. The molecule has 1 heterocycles. The number of hydrogen-bond acceptors (Lipinski definition) is 4. The SMILES string of the molecule is Cc1cc(C(=O)N2CC[C@@H](O)C2)ccc1[N+](=O)[O-]. The molecule has 1 aromatic carbocycles. The monoisotopic (exact) mass is 250 g/mol. The Morgan fingerprint density at radius 1 is 1.56 bits per heavy atom. The van der Waals surface area contributed by atoms with E-state index in [4.69, 9.17) is 0 Å². The first-order valence-electron chi connectivity index (χ1n) is 5.71. The van der Waals surface area contributed by atoms with Crippen LogP contribution < -0.4 is 0 Å². The second kappa shape index (κ2) is 4.73. The summed E-state index contributed by atoms with van der Waals surface area (Å²) < 4.78 is 0. The Balaban J connectivity index is 2.21. The first-order valence-corrected chi connectivity index (χ1v) is 5.71. The molecule has 0 aromatic heterocycles. The highest BCUT2D eigenvalue weighted by Gasteiger charge is 2.26. The molecule has 1 amide bonds. The van der Waals surface area contributed by atoms with Crippen molar-refractivity contribution in [1.82, 2.24) is 4.90 Å². The van der Waals surface area contributed by atoms with Crippen molar-refractivity contribution in [3.05, 3.63) is 39.4 Å². The Morgan fingerprint density at radius 2 is 2.28 bits per heavy atom. The van der Waals surface area contributed by atoms with Gasteiger partial charge in [-0.15, -0.1) is 0 Å². The number of likely N-dealkylation sites (tertiary alicyclic amines) is 1. The van der Waals surface area contributed by atoms with E-state index in [2.05, 4.69) is 0 Å². The van der Waals surface area contributed by atoms with E-state index in [0.717, 1.165) is 0 Å². The zero-order valence-corrected chi connectivity index (χ0v) is 10.00. The normalized spacial score (nSPS) is 19.0. The van der Waals surface area contributed by atoms with Crippen LogP contribution >= 0.6 is 0 Å². The number of nitro groups is 1. The van der Waals surface area contributed by atoms with Crippen LogP contribution in [0.3, 0.4) is 0 Å². The third-order valence-electron chi connectivity index (χ3n) is 3.09. The van der Waals surface area contributed by atoms with Crippen molar-refractivity contribution in [2.24, 2.45) is 0 Å². The van der Waals surface area contributed by atoms with Gasteiger partial charge in [-0.05, 0) is 25.5 Å². The quantitative estimate of drug-likeness (QED) is 0.629. The van der Waals surface area contributed by atoms with E-state index in [0.29, 0.717) is 30.6 Å². The van der Waals surface area contributed by atoms with Crippen molar-refractivity contribution in [2.75, 3.05) is 13.1 Å². The van der Waals surface area contributed by atoms with Crippen molar-refractivity contribution in [1.29, 1.82) is 0 Å². The van der Waals surface area contributed by atoms with E-state index in [9.17, 15) is 20.0 Å². The van der Waals surface area contributed by atoms with Crippen LogP contribution in [-0.2, 0) is 0 Å². The fraction of sp³-hybridized carbons (Fsp3) is 0.417. The van der Waals surface area contributed by atoms with E-state index >= 15 is 0 Å². The average Bonchev–Trinajstić information content (AvgIpc) is 2.74. The maximum Gasteiger partial charge on any atom is 0.272 e. The van der Waals surface area contributed by atoms with Gasteiger partial charge >= 0.3 is 0 Å². The second-order valence-corrected chi connectivity index (χ2v) is 4.45. The predicted molar refractivity (Wildman–Crippen MR) is 64.4 cm³/mol. The summed E-state index contributed by atoms with van der Waals surface area (Å²) in [4.78, 5) is 23.8. The minimum absolute atomic E-state index is 0.00741. The lowest BCUT2D eigenvalue weighted by molar-refractivity contribution is -0.385. The van der Waals surface area contributed by atoms with Gasteiger partial charge in [0.05, 0.1) is 11.0 Å². The Kier molecular flexibility index (Phi) is 3.29. The molecule has 6 heteroatoms. The standard InChI is InChI=1S/C12H14N2O4/c1-8-6-9(2-3-11(8)14(17)18)12(16)13-5-4-10(15)7-13/h2-3,6,10,15H,4-5,7H2,1H3/t10-/m1/s1. The van der Waals surface area contributed by atoms with Crippen molar-refractivity contribution < 1.29 is 14.8 Å². The summed E-state index contributed by atoms with van der Waals surface area (Å²) in [6.07, 6.45) is 0.116. The van der Waals surface area contributed by atoms with E-state index < -0.39 is 11.0 Å². The number of aryl methyl sites for hydroxylation is 1. The molecule has 6 nitrogen and oxygen atoms in total. The number of hydrogen-bond donors (Lipinski definition) is 1. The molecule has 1 aliphatic rings. The van der Waals surface area contributed by atoms with Crippen LogP contribution in [0.15, 0.2) is 18.2 Å². The van der Waals surface area contributed by atoms with Gasteiger partial charge in [0, 0.05) is 30.3 Å². The smallest absolute Gasteiger partial charge is 0.272 e. The van der Waals surface area contributed by atoms with Crippen LogP contribution in [0.5, 0.6) is 0 Å². The van der Waals surface area contributed by atoms with Crippen LogP contribution in [-0.4, -0.2) is 40.0 Å². The van der Waals surface area contributed by atoms with Crippen molar-refractivity contribution in [2.45, 2.75) is 19.4 Å². The summed E-state index contributed by atoms with van der Waals surface area (Å²) in [5.41, 5.74) is 0.894. The number of benzene rings is 1. The van der Waals surface area contributed by atoms with Crippen LogP contribution in [0.4, 0.5) is 5.69 Å². The molecule has 1 fully saturated rings. The molecule has 1 aliphatic heterocycles. The molecule has 0 unspecified atom stereocenters. The van der Waals surface area contributed by atoms with Gasteiger partial charge in [-0.2, -0.15) is 0 Å². The number of β-amino-alcohol motifs (C(OH)–C–C–N with tert-alkyl or cyclic N) is 1. The van der Waals surface area contributed by atoms with Gasteiger partial charge in [-0.3, -0.25) is 14.9 Å². The van der Waals surface area contributed by atoms with Gasteiger partial charge < -0.3 is 10.0 Å². The average molecular weight is 250 g/mol. The molecule has 0 spiro atoms.